The molecule has 0 aliphatic carbocycles. The van der Waals surface area contributed by atoms with E-state index < -0.39 is 0 Å². The van der Waals surface area contributed by atoms with Crippen LogP contribution in [-0.2, 0) is 4.84 Å². The lowest BCUT2D eigenvalue weighted by Gasteiger charge is -2.15. The van der Waals surface area contributed by atoms with E-state index in [1.165, 1.54) is 0 Å². The zero-order valence-electron chi connectivity index (χ0n) is 5.90. The molecule has 0 aromatic rings. The molecule has 0 aromatic carbocycles. The monoisotopic (exact) mass is 117 g/mol. The van der Waals surface area contributed by atoms with Gasteiger partial charge in [-0.2, -0.15) is 0 Å². The molecule has 0 atom stereocenters. The molecule has 0 aliphatic rings. The molecule has 0 bridgehead atoms. The molecular weight excluding hydrogens is 102 g/mol. The Morgan fingerprint density at radius 1 is 1.38 bits per heavy atom. The van der Waals surface area contributed by atoms with Crippen LogP contribution < -0.4 is 5.90 Å². The van der Waals surface area contributed by atoms with Crippen LogP contribution in [0.2, 0.25) is 0 Å². The van der Waals surface area contributed by atoms with E-state index in [4.69, 9.17) is 5.90 Å². The fourth-order valence-corrected chi connectivity index (χ4v) is 0.365. The lowest BCUT2D eigenvalue weighted by Crippen LogP contribution is -2.11. The molecule has 0 unspecified atom stereocenters. The van der Waals surface area contributed by atoms with E-state index in [-0.39, 0.29) is 0 Å². The summed E-state index contributed by atoms with van der Waals surface area (Å²) in [6, 6.07) is 0. The summed E-state index contributed by atoms with van der Waals surface area (Å²) in [5.41, 5.74) is 0.347. The summed E-state index contributed by atoms with van der Waals surface area (Å²) in [5, 5.41) is 0. The minimum Gasteiger partial charge on any atom is -0.305 e. The van der Waals surface area contributed by atoms with Gasteiger partial charge in [0, 0.05) is 0 Å². The van der Waals surface area contributed by atoms with Crippen molar-refractivity contribution in [2.75, 3.05) is 6.61 Å². The zero-order valence-corrected chi connectivity index (χ0v) is 5.90. The summed E-state index contributed by atoms with van der Waals surface area (Å²) < 4.78 is 0. The fourth-order valence-electron chi connectivity index (χ4n) is 0.365. The van der Waals surface area contributed by atoms with Crippen molar-refractivity contribution in [3.05, 3.63) is 0 Å². The Morgan fingerprint density at radius 2 is 1.88 bits per heavy atom. The third-order valence-electron chi connectivity index (χ3n) is 0.970. The van der Waals surface area contributed by atoms with Gasteiger partial charge >= 0.3 is 0 Å². The second kappa shape index (κ2) is 3.05. The van der Waals surface area contributed by atoms with Crippen molar-refractivity contribution < 1.29 is 4.84 Å². The maximum atomic E-state index is 4.84. The van der Waals surface area contributed by atoms with Crippen LogP contribution in [0.1, 0.15) is 27.2 Å². The number of nitrogens with two attached hydrogens (primary N) is 1. The number of hydrogen-bond donors (Lipinski definition) is 1. The van der Waals surface area contributed by atoms with Crippen molar-refractivity contribution in [2.24, 2.45) is 11.3 Å². The molecule has 0 amide bonds. The van der Waals surface area contributed by atoms with Crippen molar-refractivity contribution >= 4 is 0 Å². The second-order valence-electron chi connectivity index (χ2n) is 3.18. The first-order valence-electron chi connectivity index (χ1n) is 2.88. The highest BCUT2D eigenvalue weighted by Gasteiger charge is 2.08. The molecule has 0 aromatic heterocycles. The highest BCUT2D eigenvalue weighted by Crippen LogP contribution is 2.17. The van der Waals surface area contributed by atoms with E-state index in [9.17, 15) is 0 Å². The van der Waals surface area contributed by atoms with Gasteiger partial charge in [-0.25, -0.2) is 5.90 Å². The van der Waals surface area contributed by atoms with Gasteiger partial charge in [-0.1, -0.05) is 20.8 Å². The van der Waals surface area contributed by atoms with Gasteiger partial charge in [-0.15, -0.1) is 0 Å². The number of hydrogen-bond acceptors (Lipinski definition) is 2. The van der Waals surface area contributed by atoms with Crippen LogP contribution in [0, 0.1) is 5.41 Å². The van der Waals surface area contributed by atoms with Gasteiger partial charge in [0.15, 0.2) is 0 Å². The van der Waals surface area contributed by atoms with E-state index in [0.29, 0.717) is 12.0 Å². The van der Waals surface area contributed by atoms with Gasteiger partial charge in [-0.05, 0) is 11.8 Å². The Bertz CT molecular complexity index is 56.0. The summed E-state index contributed by atoms with van der Waals surface area (Å²) in [6.45, 7) is 7.13. The third kappa shape index (κ3) is 5.92. The molecule has 8 heavy (non-hydrogen) atoms. The Hall–Kier alpha value is -0.0800. The van der Waals surface area contributed by atoms with Crippen LogP contribution in [-0.4, -0.2) is 6.61 Å². The molecule has 0 rings (SSSR count). The molecule has 0 saturated carbocycles. The van der Waals surface area contributed by atoms with Crippen LogP contribution in [0.25, 0.3) is 0 Å². The van der Waals surface area contributed by atoms with Crippen molar-refractivity contribution in [3.63, 3.8) is 0 Å². The predicted octanol–water partition coefficient (Wildman–Crippen LogP) is 1.31. The molecule has 0 fully saturated rings. The Kier molecular flexibility index (Phi) is 3.02. The highest BCUT2D eigenvalue weighted by atomic mass is 16.6. The van der Waals surface area contributed by atoms with Crippen LogP contribution in [0.3, 0.4) is 0 Å². The average Bonchev–Trinajstić information content (AvgIpc) is 1.59. The van der Waals surface area contributed by atoms with E-state index in [1.807, 2.05) is 0 Å². The highest BCUT2D eigenvalue weighted by molar-refractivity contribution is 4.59. The summed E-state index contributed by atoms with van der Waals surface area (Å²) in [7, 11) is 0. The van der Waals surface area contributed by atoms with Crippen LogP contribution >= 0.6 is 0 Å². The fraction of sp³-hybridized carbons (Fsp3) is 1.00. The summed E-state index contributed by atoms with van der Waals surface area (Å²) in [6.07, 6.45) is 1.02. The van der Waals surface area contributed by atoms with E-state index in [1.54, 1.807) is 0 Å². The predicted molar refractivity (Wildman–Crippen MR) is 34.2 cm³/mol. The quantitative estimate of drug-likeness (QED) is 0.553. The minimum atomic E-state index is 0.347. The smallest absolute Gasteiger partial charge is 0.0684 e. The van der Waals surface area contributed by atoms with Crippen molar-refractivity contribution in [1.82, 2.24) is 0 Å². The lowest BCUT2D eigenvalue weighted by molar-refractivity contribution is 0.110. The van der Waals surface area contributed by atoms with Gasteiger partial charge in [0.25, 0.3) is 0 Å². The first-order chi connectivity index (χ1) is 3.56. The second-order valence-corrected chi connectivity index (χ2v) is 3.18. The molecule has 50 valence electrons. The maximum Gasteiger partial charge on any atom is 0.0684 e. The molecule has 0 saturated heterocycles. The zero-order chi connectivity index (χ0) is 6.62. The van der Waals surface area contributed by atoms with Crippen molar-refractivity contribution in [3.8, 4) is 0 Å². The van der Waals surface area contributed by atoms with Gasteiger partial charge in [0.1, 0.15) is 0 Å². The molecule has 0 aliphatic heterocycles. The molecule has 2 heteroatoms. The van der Waals surface area contributed by atoms with Crippen LogP contribution in [0.4, 0.5) is 0 Å². The first-order valence-corrected chi connectivity index (χ1v) is 2.88. The minimum absolute atomic E-state index is 0.347. The Morgan fingerprint density at radius 3 is 2.00 bits per heavy atom. The van der Waals surface area contributed by atoms with Gasteiger partial charge < -0.3 is 4.84 Å². The standard InChI is InChI=1S/C6H15NO/c1-6(2,3)4-5-8-7/h4-5,7H2,1-3H3. The van der Waals surface area contributed by atoms with Crippen LogP contribution in [0.15, 0.2) is 0 Å². The largest absolute Gasteiger partial charge is 0.305 e. The van der Waals surface area contributed by atoms with E-state index >= 15 is 0 Å². The normalized spacial score (nSPS) is 12.0. The summed E-state index contributed by atoms with van der Waals surface area (Å²) in [4.78, 5) is 4.42. The Balaban J connectivity index is 3.11. The summed E-state index contributed by atoms with van der Waals surface area (Å²) >= 11 is 0. The molecule has 0 radical (unpaired) electrons. The molecule has 2 nitrogen and oxygen atoms in total. The van der Waals surface area contributed by atoms with Gasteiger partial charge in [0.2, 0.25) is 0 Å². The van der Waals surface area contributed by atoms with Gasteiger partial charge in [-0.3, -0.25) is 0 Å². The van der Waals surface area contributed by atoms with Gasteiger partial charge in [0.05, 0.1) is 6.61 Å². The molecular formula is C6H15NO. The first kappa shape index (κ1) is 7.92. The van der Waals surface area contributed by atoms with Crippen molar-refractivity contribution in [2.45, 2.75) is 27.2 Å². The topological polar surface area (TPSA) is 35.2 Å². The van der Waals surface area contributed by atoms with E-state index in [2.05, 4.69) is 25.6 Å². The maximum absolute atomic E-state index is 4.84. The lowest BCUT2D eigenvalue weighted by atomic mass is 9.93. The SMILES string of the molecule is CC(C)(C)CCON. The average molecular weight is 117 g/mol. The van der Waals surface area contributed by atoms with E-state index in [0.717, 1.165) is 6.42 Å². The van der Waals surface area contributed by atoms with Crippen molar-refractivity contribution in [1.29, 1.82) is 0 Å². The summed E-state index contributed by atoms with van der Waals surface area (Å²) in [5.74, 6) is 4.84. The Labute approximate surface area is 51.0 Å². The molecule has 0 spiro atoms. The molecule has 2 N–H and O–H groups in total. The molecule has 0 heterocycles. The number of rotatable bonds is 2. The van der Waals surface area contributed by atoms with Crippen LogP contribution in [0.5, 0.6) is 0 Å². The third-order valence-corrected chi connectivity index (χ3v) is 0.970.